The van der Waals surface area contributed by atoms with Crippen LogP contribution >= 0.6 is 0 Å². The number of benzene rings is 1. The molecule has 0 spiro atoms. The molecule has 0 bridgehead atoms. The minimum Gasteiger partial charge on any atom is -0.326 e. The van der Waals surface area contributed by atoms with Gasteiger partial charge in [-0.15, -0.1) is 0 Å². The Morgan fingerprint density at radius 2 is 1.65 bits per heavy atom. The first-order chi connectivity index (χ1) is 7.95. The maximum Gasteiger partial charge on any atom is 0.0205 e. The molecular weight excluding hydrogens is 208 g/mol. The molecule has 17 heavy (non-hydrogen) atoms. The normalized spacial score (nSPS) is 12.1. The third-order valence-corrected chi connectivity index (χ3v) is 3.73. The largest absolute Gasteiger partial charge is 0.326 e. The molecule has 0 amide bonds. The molecule has 0 atom stereocenters. The van der Waals surface area contributed by atoms with Crippen LogP contribution in [0.15, 0.2) is 24.3 Å². The average Bonchev–Trinajstić information content (AvgIpc) is 2.29. The van der Waals surface area contributed by atoms with Crippen molar-refractivity contribution >= 4 is 0 Å². The van der Waals surface area contributed by atoms with Gasteiger partial charge in [0.15, 0.2) is 0 Å². The van der Waals surface area contributed by atoms with Crippen LogP contribution in [-0.4, -0.2) is 6.54 Å². The van der Waals surface area contributed by atoms with Crippen LogP contribution in [-0.2, 0) is 13.1 Å². The van der Waals surface area contributed by atoms with E-state index < -0.39 is 0 Å². The Hall–Kier alpha value is -0.860. The fourth-order valence-corrected chi connectivity index (χ4v) is 1.53. The summed E-state index contributed by atoms with van der Waals surface area (Å²) in [4.78, 5) is 0. The Morgan fingerprint density at radius 1 is 1.12 bits per heavy atom. The lowest BCUT2D eigenvalue weighted by Crippen LogP contribution is -2.33. The van der Waals surface area contributed by atoms with Gasteiger partial charge in [-0.25, -0.2) is 0 Å². The van der Waals surface area contributed by atoms with Crippen LogP contribution in [0, 0.1) is 11.3 Å². The minimum atomic E-state index is 0.344. The van der Waals surface area contributed by atoms with E-state index in [-0.39, 0.29) is 0 Å². The van der Waals surface area contributed by atoms with Gasteiger partial charge in [-0.05, 0) is 22.5 Å². The van der Waals surface area contributed by atoms with Gasteiger partial charge >= 0.3 is 0 Å². The Balaban J connectivity index is 2.40. The van der Waals surface area contributed by atoms with Crippen LogP contribution in [0.3, 0.4) is 0 Å². The van der Waals surface area contributed by atoms with Crippen LogP contribution in [0.2, 0.25) is 0 Å². The highest BCUT2D eigenvalue weighted by Crippen LogP contribution is 2.24. The van der Waals surface area contributed by atoms with E-state index in [9.17, 15) is 0 Å². The zero-order chi connectivity index (χ0) is 12.9. The quantitative estimate of drug-likeness (QED) is 0.794. The first-order valence-corrected chi connectivity index (χ1v) is 6.44. The lowest BCUT2D eigenvalue weighted by atomic mass is 9.81. The van der Waals surface area contributed by atoms with Crippen molar-refractivity contribution in [3.8, 4) is 0 Å². The van der Waals surface area contributed by atoms with E-state index in [0.29, 0.717) is 17.9 Å². The number of hydrogen-bond donors (Lipinski definition) is 2. The Labute approximate surface area is 106 Å². The lowest BCUT2D eigenvalue weighted by Gasteiger charge is -2.29. The summed E-state index contributed by atoms with van der Waals surface area (Å²) in [5.74, 6) is 0.689. The second kappa shape index (κ2) is 6.18. The van der Waals surface area contributed by atoms with E-state index in [1.54, 1.807) is 0 Å². The monoisotopic (exact) mass is 234 g/mol. The van der Waals surface area contributed by atoms with Gasteiger partial charge in [0.1, 0.15) is 0 Å². The number of rotatable bonds is 6. The maximum absolute atomic E-state index is 5.57. The van der Waals surface area contributed by atoms with Crippen LogP contribution < -0.4 is 11.1 Å². The van der Waals surface area contributed by atoms with Crippen molar-refractivity contribution < 1.29 is 0 Å². The third-order valence-electron chi connectivity index (χ3n) is 3.73. The predicted molar refractivity (Wildman–Crippen MR) is 74.7 cm³/mol. The van der Waals surface area contributed by atoms with Gasteiger partial charge in [-0.3, -0.25) is 0 Å². The molecule has 0 aromatic heterocycles. The van der Waals surface area contributed by atoms with Crippen molar-refractivity contribution in [3.63, 3.8) is 0 Å². The Kier molecular flexibility index (Phi) is 5.16. The summed E-state index contributed by atoms with van der Waals surface area (Å²) < 4.78 is 0. The fourth-order valence-electron chi connectivity index (χ4n) is 1.53. The highest BCUT2D eigenvalue weighted by Gasteiger charge is 2.21. The summed E-state index contributed by atoms with van der Waals surface area (Å²) in [6.07, 6.45) is 0. The minimum absolute atomic E-state index is 0.344. The summed E-state index contributed by atoms with van der Waals surface area (Å²) in [6.45, 7) is 11.8. The van der Waals surface area contributed by atoms with Crippen molar-refractivity contribution in [1.82, 2.24) is 5.32 Å². The van der Waals surface area contributed by atoms with Gasteiger partial charge in [0.2, 0.25) is 0 Å². The van der Waals surface area contributed by atoms with E-state index in [0.717, 1.165) is 13.1 Å². The highest BCUT2D eigenvalue weighted by molar-refractivity contribution is 5.22. The summed E-state index contributed by atoms with van der Waals surface area (Å²) >= 11 is 0. The van der Waals surface area contributed by atoms with Crippen molar-refractivity contribution in [2.75, 3.05) is 6.54 Å². The van der Waals surface area contributed by atoms with Crippen molar-refractivity contribution in [2.45, 2.75) is 40.8 Å². The van der Waals surface area contributed by atoms with Crippen molar-refractivity contribution in [2.24, 2.45) is 17.1 Å². The van der Waals surface area contributed by atoms with E-state index in [1.165, 1.54) is 11.1 Å². The SMILES string of the molecule is CC(C)C(C)(C)CNCc1ccc(CN)cc1. The number of nitrogens with one attached hydrogen (secondary N) is 1. The van der Waals surface area contributed by atoms with E-state index in [1.807, 2.05) is 0 Å². The molecular formula is C15H26N2. The molecule has 0 radical (unpaired) electrons. The van der Waals surface area contributed by atoms with Gasteiger partial charge in [-0.2, -0.15) is 0 Å². The molecule has 3 N–H and O–H groups in total. The van der Waals surface area contributed by atoms with Gasteiger partial charge < -0.3 is 11.1 Å². The fraction of sp³-hybridized carbons (Fsp3) is 0.600. The second-order valence-corrected chi connectivity index (χ2v) is 5.77. The molecule has 2 nitrogen and oxygen atoms in total. The molecule has 0 aliphatic rings. The smallest absolute Gasteiger partial charge is 0.0205 e. The van der Waals surface area contributed by atoms with Crippen LogP contribution in [0.25, 0.3) is 0 Å². The lowest BCUT2D eigenvalue weighted by molar-refractivity contribution is 0.238. The molecule has 0 fully saturated rings. The van der Waals surface area contributed by atoms with Crippen molar-refractivity contribution in [3.05, 3.63) is 35.4 Å². The first kappa shape index (κ1) is 14.2. The average molecular weight is 234 g/mol. The summed E-state index contributed by atoms with van der Waals surface area (Å²) in [7, 11) is 0. The molecule has 0 saturated carbocycles. The zero-order valence-electron chi connectivity index (χ0n) is 11.6. The molecule has 1 aromatic rings. The third kappa shape index (κ3) is 4.49. The molecule has 96 valence electrons. The molecule has 0 saturated heterocycles. The molecule has 0 aliphatic carbocycles. The van der Waals surface area contributed by atoms with Crippen LogP contribution in [0.5, 0.6) is 0 Å². The second-order valence-electron chi connectivity index (χ2n) is 5.77. The Bertz CT molecular complexity index is 325. The molecule has 0 unspecified atom stereocenters. The van der Waals surface area contributed by atoms with E-state index in [4.69, 9.17) is 5.73 Å². The van der Waals surface area contributed by atoms with Crippen LogP contribution in [0.4, 0.5) is 0 Å². The van der Waals surface area contributed by atoms with Gasteiger partial charge in [0.25, 0.3) is 0 Å². The van der Waals surface area contributed by atoms with Gasteiger partial charge in [-0.1, -0.05) is 52.0 Å². The van der Waals surface area contributed by atoms with Crippen LogP contribution in [0.1, 0.15) is 38.8 Å². The number of nitrogens with two attached hydrogens (primary N) is 1. The maximum atomic E-state index is 5.57. The zero-order valence-corrected chi connectivity index (χ0v) is 11.6. The highest BCUT2D eigenvalue weighted by atomic mass is 14.9. The molecule has 0 aliphatic heterocycles. The summed E-state index contributed by atoms with van der Waals surface area (Å²) in [5, 5.41) is 3.53. The van der Waals surface area contributed by atoms with Gasteiger partial charge in [0.05, 0.1) is 0 Å². The first-order valence-electron chi connectivity index (χ1n) is 6.44. The summed E-state index contributed by atoms with van der Waals surface area (Å²) in [5.41, 5.74) is 8.43. The molecule has 1 rings (SSSR count). The van der Waals surface area contributed by atoms with Crippen molar-refractivity contribution in [1.29, 1.82) is 0 Å². The van der Waals surface area contributed by atoms with E-state index in [2.05, 4.69) is 57.3 Å². The summed E-state index contributed by atoms with van der Waals surface area (Å²) in [6, 6.07) is 8.50. The Morgan fingerprint density at radius 3 is 2.12 bits per heavy atom. The number of hydrogen-bond acceptors (Lipinski definition) is 2. The standard InChI is InChI=1S/C15H26N2/c1-12(2)15(3,4)11-17-10-14-7-5-13(9-16)6-8-14/h5-8,12,17H,9-11,16H2,1-4H3. The molecule has 0 heterocycles. The molecule has 2 heteroatoms. The van der Waals surface area contributed by atoms with Gasteiger partial charge in [0, 0.05) is 19.6 Å². The predicted octanol–water partition coefficient (Wildman–Crippen LogP) is 2.92. The topological polar surface area (TPSA) is 38.0 Å². The molecule has 1 aromatic carbocycles. The van der Waals surface area contributed by atoms with E-state index >= 15 is 0 Å².